The molecule has 5 nitrogen and oxygen atoms in total. The summed E-state index contributed by atoms with van der Waals surface area (Å²) < 4.78 is 24.8. The molecular weight excluding hydrogens is 288 g/mol. The summed E-state index contributed by atoms with van der Waals surface area (Å²) in [5.41, 5.74) is 0. The van der Waals surface area contributed by atoms with Crippen LogP contribution < -0.4 is 0 Å². The lowest BCUT2D eigenvalue weighted by atomic mass is 10.0. The lowest BCUT2D eigenvalue weighted by Gasteiger charge is -2.40. The van der Waals surface area contributed by atoms with Gasteiger partial charge >= 0.3 is 0 Å². The van der Waals surface area contributed by atoms with Gasteiger partial charge < -0.3 is 4.90 Å². The van der Waals surface area contributed by atoms with Crippen LogP contribution in [0, 0.1) is 5.92 Å². The second-order valence-electron chi connectivity index (χ2n) is 6.67. The van der Waals surface area contributed by atoms with Gasteiger partial charge in [0, 0.05) is 38.6 Å². The molecule has 21 heavy (non-hydrogen) atoms. The number of hydrogen-bond donors (Lipinski definition) is 0. The summed E-state index contributed by atoms with van der Waals surface area (Å²) >= 11 is 0. The second kappa shape index (κ2) is 6.65. The number of amides is 1. The van der Waals surface area contributed by atoms with Crippen LogP contribution in [0.25, 0.3) is 0 Å². The molecule has 0 spiro atoms. The molecule has 2 aliphatic heterocycles. The smallest absolute Gasteiger partial charge is 0.222 e. The summed E-state index contributed by atoms with van der Waals surface area (Å²) in [6.45, 7) is 9.06. The Morgan fingerprint density at radius 2 is 1.86 bits per heavy atom. The minimum absolute atomic E-state index is 0.0841. The largest absolute Gasteiger partial charge is 0.343 e. The van der Waals surface area contributed by atoms with Gasteiger partial charge in [-0.2, -0.15) is 0 Å². The van der Waals surface area contributed by atoms with Gasteiger partial charge in [-0.05, 0) is 18.8 Å². The molecule has 2 saturated heterocycles. The van der Waals surface area contributed by atoms with E-state index in [2.05, 4.69) is 18.7 Å². The molecule has 0 saturated carbocycles. The quantitative estimate of drug-likeness (QED) is 0.783. The highest BCUT2D eigenvalue weighted by Crippen LogP contribution is 2.28. The monoisotopic (exact) mass is 316 g/mol. The van der Waals surface area contributed by atoms with Crippen LogP contribution in [-0.4, -0.2) is 67.3 Å². The molecule has 0 aromatic carbocycles. The Hall–Kier alpha value is -0.620. The Labute approximate surface area is 128 Å². The molecule has 122 valence electrons. The molecule has 0 aromatic rings. The van der Waals surface area contributed by atoms with Gasteiger partial charge in [0.15, 0.2) is 9.84 Å². The summed E-state index contributed by atoms with van der Waals surface area (Å²) in [6.07, 6.45) is 1.87. The van der Waals surface area contributed by atoms with Crippen molar-refractivity contribution in [1.82, 2.24) is 9.80 Å². The molecule has 6 heteroatoms. The van der Waals surface area contributed by atoms with E-state index < -0.39 is 9.84 Å². The van der Waals surface area contributed by atoms with Crippen molar-refractivity contribution in [2.24, 2.45) is 5.92 Å². The number of sulfone groups is 1. The molecule has 0 unspecified atom stereocenters. The fourth-order valence-electron chi connectivity index (χ4n) is 3.63. The number of likely N-dealkylation sites (tertiary alicyclic amines) is 1. The summed E-state index contributed by atoms with van der Waals surface area (Å²) in [5, 5.41) is -0.292. The number of carbonyl (C=O) groups is 1. The van der Waals surface area contributed by atoms with Crippen LogP contribution in [0.3, 0.4) is 0 Å². The maximum atomic E-state index is 12.4. The van der Waals surface area contributed by atoms with E-state index in [4.69, 9.17) is 0 Å². The zero-order valence-electron chi connectivity index (χ0n) is 13.4. The van der Waals surface area contributed by atoms with Crippen LogP contribution >= 0.6 is 0 Å². The maximum absolute atomic E-state index is 12.4. The summed E-state index contributed by atoms with van der Waals surface area (Å²) in [7, 11) is -3.01. The van der Waals surface area contributed by atoms with Crippen molar-refractivity contribution in [3.05, 3.63) is 0 Å². The highest BCUT2D eigenvalue weighted by Gasteiger charge is 2.43. The first-order valence-electron chi connectivity index (χ1n) is 8.08. The molecule has 1 amide bonds. The summed E-state index contributed by atoms with van der Waals surface area (Å²) in [5.74, 6) is 0.937. The Balaban J connectivity index is 2.17. The molecule has 2 atom stereocenters. The zero-order chi connectivity index (χ0) is 15.6. The third kappa shape index (κ3) is 3.77. The van der Waals surface area contributed by atoms with Gasteiger partial charge in [-0.15, -0.1) is 0 Å². The number of nitrogens with zero attached hydrogens (tertiary/aromatic N) is 2. The minimum Gasteiger partial charge on any atom is -0.343 e. The average Bonchev–Trinajstić information content (AvgIpc) is 2.65. The third-order valence-electron chi connectivity index (χ3n) is 4.66. The predicted molar refractivity (Wildman–Crippen MR) is 83.9 cm³/mol. The van der Waals surface area contributed by atoms with Crippen molar-refractivity contribution in [3.63, 3.8) is 0 Å². The molecule has 0 N–H and O–H groups in total. The fraction of sp³-hybridized carbons (Fsp3) is 0.933. The lowest BCUT2D eigenvalue weighted by molar-refractivity contribution is -0.130. The van der Waals surface area contributed by atoms with E-state index in [1.165, 1.54) is 0 Å². The van der Waals surface area contributed by atoms with Crippen molar-refractivity contribution >= 4 is 15.7 Å². The third-order valence-corrected chi connectivity index (χ3v) is 6.88. The van der Waals surface area contributed by atoms with Crippen LogP contribution in [0.15, 0.2) is 0 Å². The van der Waals surface area contributed by atoms with Gasteiger partial charge in [0.1, 0.15) is 0 Å². The van der Waals surface area contributed by atoms with E-state index in [9.17, 15) is 13.2 Å². The topological polar surface area (TPSA) is 57.7 Å². The van der Waals surface area contributed by atoms with Gasteiger partial charge in [-0.3, -0.25) is 9.69 Å². The molecule has 2 heterocycles. The summed E-state index contributed by atoms with van der Waals surface area (Å²) in [4.78, 5) is 16.1. The van der Waals surface area contributed by atoms with Crippen LogP contribution in [0.5, 0.6) is 0 Å². The first kappa shape index (κ1) is 16.7. The molecular formula is C15H28N2O3S. The molecule has 0 radical (unpaired) electrons. The fourth-order valence-corrected chi connectivity index (χ4v) is 5.67. The van der Waals surface area contributed by atoms with E-state index in [1.807, 2.05) is 11.8 Å². The Morgan fingerprint density at radius 1 is 1.19 bits per heavy atom. The molecule has 2 rings (SSSR count). The zero-order valence-corrected chi connectivity index (χ0v) is 14.2. The number of hydrogen-bond acceptors (Lipinski definition) is 4. The van der Waals surface area contributed by atoms with Gasteiger partial charge in [0.05, 0.1) is 11.0 Å². The van der Waals surface area contributed by atoms with Crippen molar-refractivity contribution in [3.8, 4) is 0 Å². The second-order valence-corrected chi connectivity index (χ2v) is 9.01. The molecule has 0 aromatic heterocycles. The summed E-state index contributed by atoms with van der Waals surface area (Å²) in [6, 6.07) is 0.0841. The number of carbonyl (C=O) groups excluding carboxylic acids is 1. The Bertz CT molecular complexity index is 475. The van der Waals surface area contributed by atoms with Crippen molar-refractivity contribution in [2.45, 2.75) is 51.3 Å². The highest BCUT2D eigenvalue weighted by molar-refractivity contribution is 7.92. The van der Waals surface area contributed by atoms with Crippen LogP contribution in [0.4, 0.5) is 0 Å². The standard InChI is InChI=1S/C15H28N2O3S/c1-4-15(18)16-7-5-13-14(6-8-16)21(19,20)10-9-17(13)11-12(2)3/h12-14H,4-11H2,1-3H3/t13-,14+/m0/s1. The number of rotatable bonds is 3. The minimum atomic E-state index is -3.01. The van der Waals surface area contributed by atoms with Crippen LogP contribution in [-0.2, 0) is 14.6 Å². The van der Waals surface area contributed by atoms with Crippen molar-refractivity contribution in [1.29, 1.82) is 0 Å². The molecule has 2 fully saturated rings. The first-order chi connectivity index (χ1) is 9.85. The first-order valence-corrected chi connectivity index (χ1v) is 9.80. The highest BCUT2D eigenvalue weighted by atomic mass is 32.2. The van der Waals surface area contributed by atoms with E-state index in [0.29, 0.717) is 38.4 Å². The van der Waals surface area contributed by atoms with Crippen LogP contribution in [0.2, 0.25) is 0 Å². The van der Waals surface area contributed by atoms with Gasteiger partial charge in [-0.25, -0.2) is 8.42 Å². The molecule has 0 aliphatic carbocycles. The van der Waals surface area contributed by atoms with E-state index in [1.54, 1.807) is 0 Å². The van der Waals surface area contributed by atoms with E-state index in [0.717, 1.165) is 13.0 Å². The Morgan fingerprint density at radius 3 is 2.48 bits per heavy atom. The molecule has 2 aliphatic rings. The maximum Gasteiger partial charge on any atom is 0.222 e. The SMILES string of the molecule is CCC(=O)N1CC[C@@H]2[C@H](CC1)N(CC(C)C)CCS2(=O)=O. The van der Waals surface area contributed by atoms with Gasteiger partial charge in [0.2, 0.25) is 5.91 Å². The van der Waals surface area contributed by atoms with Gasteiger partial charge in [-0.1, -0.05) is 20.8 Å². The van der Waals surface area contributed by atoms with Crippen LogP contribution in [0.1, 0.15) is 40.0 Å². The predicted octanol–water partition coefficient (Wildman–Crippen LogP) is 1.14. The Kier molecular flexibility index (Phi) is 5.30. The van der Waals surface area contributed by atoms with Crippen molar-refractivity contribution in [2.75, 3.05) is 31.9 Å². The number of fused-ring (bicyclic) bond motifs is 1. The van der Waals surface area contributed by atoms with E-state index in [-0.39, 0.29) is 23.0 Å². The lowest BCUT2D eigenvalue weighted by Crippen LogP contribution is -2.55. The van der Waals surface area contributed by atoms with E-state index >= 15 is 0 Å². The van der Waals surface area contributed by atoms with Crippen molar-refractivity contribution < 1.29 is 13.2 Å². The molecule has 0 bridgehead atoms. The average molecular weight is 316 g/mol. The normalized spacial score (nSPS) is 30.0. The van der Waals surface area contributed by atoms with Gasteiger partial charge in [0.25, 0.3) is 0 Å².